The van der Waals surface area contributed by atoms with Gasteiger partial charge >= 0.3 is 6.01 Å². The van der Waals surface area contributed by atoms with Gasteiger partial charge in [0.1, 0.15) is 5.60 Å². The normalized spacial score (nSPS) is 27.0. The number of aromatic nitrogens is 3. The van der Waals surface area contributed by atoms with E-state index in [1.165, 1.54) is 0 Å². The summed E-state index contributed by atoms with van der Waals surface area (Å²) in [6.45, 7) is 7.39. The lowest BCUT2D eigenvalue weighted by Crippen LogP contribution is -2.35. The molecular weight excluding hydrogens is 356 g/mol. The smallest absolute Gasteiger partial charge is 0.319 e. The molecule has 2 aliphatic rings. The van der Waals surface area contributed by atoms with E-state index in [1.54, 1.807) is 6.20 Å². The summed E-state index contributed by atoms with van der Waals surface area (Å²) in [5.41, 5.74) is 0.772. The Morgan fingerprint density at radius 1 is 1.18 bits per heavy atom. The van der Waals surface area contributed by atoms with Crippen molar-refractivity contribution in [3.63, 3.8) is 0 Å². The number of likely N-dealkylation sites (tertiary alicyclic amines) is 1. The minimum absolute atomic E-state index is 0.136. The van der Waals surface area contributed by atoms with E-state index in [-0.39, 0.29) is 11.9 Å². The van der Waals surface area contributed by atoms with Crippen LogP contribution in [0.3, 0.4) is 0 Å². The van der Waals surface area contributed by atoms with Gasteiger partial charge in [-0.05, 0) is 44.7 Å². The van der Waals surface area contributed by atoms with Crippen LogP contribution in [-0.4, -0.2) is 51.3 Å². The van der Waals surface area contributed by atoms with Crippen molar-refractivity contribution in [1.29, 1.82) is 0 Å². The van der Waals surface area contributed by atoms with E-state index in [2.05, 4.69) is 19.9 Å². The molecule has 4 rings (SSSR count). The lowest BCUT2D eigenvalue weighted by Gasteiger charge is -2.31. The van der Waals surface area contributed by atoms with Gasteiger partial charge in [0.25, 0.3) is 0 Å². The monoisotopic (exact) mass is 384 g/mol. The average molecular weight is 384 g/mol. The van der Waals surface area contributed by atoms with Crippen LogP contribution in [0.2, 0.25) is 0 Å². The number of pyridine rings is 1. The van der Waals surface area contributed by atoms with E-state index < -0.39 is 5.60 Å². The van der Waals surface area contributed by atoms with E-state index in [9.17, 15) is 5.11 Å². The lowest BCUT2D eigenvalue weighted by molar-refractivity contribution is -0.0102. The Balaban J connectivity index is 1.56. The summed E-state index contributed by atoms with van der Waals surface area (Å²) < 4.78 is 11.2. The summed E-state index contributed by atoms with van der Waals surface area (Å²) in [5, 5.41) is 11.7. The van der Waals surface area contributed by atoms with Crippen molar-refractivity contribution in [2.24, 2.45) is 11.8 Å². The summed E-state index contributed by atoms with van der Waals surface area (Å²) in [6, 6.07) is 6.29. The number of ether oxygens (including phenoxy) is 2. The minimum atomic E-state index is -0.973. The average Bonchev–Trinajstić information content (AvgIpc) is 3.24. The number of fused-ring (bicyclic) bond motifs is 1. The van der Waals surface area contributed by atoms with Crippen LogP contribution in [0, 0.1) is 11.8 Å². The van der Waals surface area contributed by atoms with Crippen LogP contribution in [0.4, 0.5) is 0 Å². The molecular formula is C21H28N4O3. The Bertz CT molecular complexity index is 803. The minimum Gasteiger partial charge on any atom is -0.478 e. The maximum absolute atomic E-state index is 11.7. The van der Waals surface area contributed by atoms with Crippen LogP contribution in [0.25, 0.3) is 0 Å². The third-order valence-electron chi connectivity index (χ3n) is 5.89. The van der Waals surface area contributed by atoms with E-state index in [0.29, 0.717) is 37.0 Å². The van der Waals surface area contributed by atoms with Crippen molar-refractivity contribution in [2.45, 2.75) is 38.8 Å². The SMILES string of the molecule is CCOc1ncc([C@]2(O)CC[C@H]3CN(Cc4ccccn4)C[C@H]32)c(OCC)n1. The fourth-order valence-electron chi connectivity index (χ4n) is 4.66. The molecule has 150 valence electrons. The van der Waals surface area contributed by atoms with Gasteiger partial charge in [0.2, 0.25) is 5.88 Å². The molecule has 0 amide bonds. The van der Waals surface area contributed by atoms with E-state index in [1.807, 2.05) is 38.2 Å². The summed E-state index contributed by atoms with van der Waals surface area (Å²) >= 11 is 0. The molecule has 0 unspecified atom stereocenters. The predicted molar refractivity (Wildman–Crippen MR) is 104 cm³/mol. The first-order valence-electron chi connectivity index (χ1n) is 10.1. The van der Waals surface area contributed by atoms with Crippen LogP contribution in [0.1, 0.15) is 37.9 Å². The predicted octanol–water partition coefficient (Wildman–Crippen LogP) is 2.40. The molecule has 1 saturated carbocycles. The van der Waals surface area contributed by atoms with E-state index >= 15 is 0 Å². The van der Waals surface area contributed by atoms with Crippen LogP contribution in [0.5, 0.6) is 11.9 Å². The number of hydrogen-bond acceptors (Lipinski definition) is 7. The maximum atomic E-state index is 11.7. The van der Waals surface area contributed by atoms with Crippen molar-refractivity contribution in [3.8, 4) is 11.9 Å². The number of nitrogens with zero attached hydrogens (tertiary/aromatic N) is 4. The fraction of sp³-hybridized carbons (Fsp3) is 0.571. The van der Waals surface area contributed by atoms with Crippen LogP contribution >= 0.6 is 0 Å². The zero-order chi connectivity index (χ0) is 19.6. The zero-order valence-corrected chi connectivity index (χ0v) is 16.5. The second-order valence-corrected chi connectivity index (χ2v) is 7.58. The molecule has 2 aromatic heterocycles. The molecule has 1 aliphatic carbocycles. The van der Waals surface area contributed by atoms with Crippen LogP contribution < -0.4 is 9.47 Å². The molecule has 1 saturated heterocycles. The number of aliphatic hydroxyl groups is 1. The molecule has 3 heterocycles. The molecule has 2 aromatic rings. The second-order valence-electron chi connectivity index (χ2n) is 7.58. The molecule has 1 N–H and O–H groups in total. The summed E-state index contributed by atoms with van der Waals surface area (Å²) in [4.78, 5) is 15.5. The maximum Gasteiger partial charge on any atom is 0.319 e. The Labute approximate surface area is 165 Å². The van der Waals surface area contributed by atoms with Gasteiger partial charge in [-0.2, -0.15) is 4.98 Å². The van der Waals surface area contributed by atoms with Crippen molar-refractivity contribution in [1.82, 2.24) is 19.9 Å². The van der Waals surface area contributed by atoms with Gasteiger partial charge in [0.15, 0.2) is 0 Å². The van der Waals surface area contributed by atoms with Crippen molar-refractivity contribution in [3.05, 3.63) is 41.9 Å². The molecule has 1 aliphatic heterocycles. The van der Waals surface area contributed by atoms with Crippen LogP contribution in [-0.2, 0) is 12.1 Å². The molecule has 0 aromatic carbocycles. The first-order chi connectivity index (χ1) is 13.6. The quantitative estimate of drug-likeness (QED) is 0.785. The zero-order valence-electron chi connectivity index (χ0n) is 16.5. The van der Waals surface area contributed by atoms with E-state index in [0.717, 1.165) is 31.7 Å². The highest BCUT2D eigenvalue weighted by Crippen LogP contribution is 2.52. The summed E-state index contributed by atoms with van der Waals surface area (Å²) in [6.07, 6.45) is 5.21. The molecule has 2 fully saturated rings. The molecule has 0 bridgehead atoms. The number of rotatable bonds is 7. The van der Waals surface area contributed by atoms with Crippen molar-refractivity contribution < 1.29 is 14.6 Å². The molecule has 0 spiro atoms. The van der Waals surface area contributed by atoms with Crippen molar-refractivity contribution in [2.75, 3.05) is 26.3 Å². The largest absolute Gasteiger partial charge is 0.478 e. The molecule has 3 atom stereocenters. The Morgan fingerprint density at radius 2 is 2.04 bits per heavy atom. The second kappa shape index (κ2) is 8.01. The molecule has 7 nitrogen and oxygen atoms in total. The summed E-state index contributed by atoms with van der Waals surface area (Å²) in [7, 11) is 0. The van der Waals surface area contributed by atoms with Gasteiger partial charge in [0, 0.05) is 37.9 Å². The number of hydrogen-bond donors (Lipinski definition) is 1. The first kappa shape index (κ1) is 19.1. The molecule has 28 heavy (non-hydrogen) atoms. The van der Waals surface area contributed by atoms with E-state index in [4.69, 9.17) is 9.47 Å². The first-order valence-corrected chi connectivity index (χ1v) is 10.1. The standard InChI is InChI=1S/C21H28N4O3/c1-3-27-19-17(11-23-20(24-19)28-4-2)21(26)9-8-15-12-25(14-18(15)21)13-16-7-5-6-10-22-16/h5-7,10-11,15,18,26H,3-4,8-9,12-14H2,1-2H3/t15-,18+,21+/m0/s1. The Kier molecular flexibility index (Phi) is 5.46. The van der Waals surface area contributed by atoms with Gasteiger partial charge in [-0.3, -0.25) is 9.88 Å². The Morgan fingerprint density at radius 3 is 2.79 bits per heavy atom. The lowest BCUT2D eigenvalue weighted by atomic mass is 9.83. The van der Waals surface area contributed by atoms with Gasteiger partial charge in [-0.15, -0.1) is 0 Å². The third-order valence-corrected chi connectivity index (χ3v) is 5.89. The Hall–Kier alpha value is -2.25. The molecule has 0 radical (unpaired) electrons. The highest BCUT2D eigenvalue weighted by Gasteiger charge is 2.53. The van der Waals surface area contributed by atoms with Gasteiger partial charge in [-0.25, -0.2) is 4.98 Å². The van der Waals surface area contributed by atoms with Crippen molar-refractivity contribution >= 4 is 0 Å². The highest BCUT2D eigenvalue weighted by molar-refractivity contribution is 5.34. The fourth-order valence-corrected chi connectivity index (χ4v) is 4.66. The third kappa shape index (κ3) is 3.56. The van der Waals surface area contributed by atoms with Gasteiger partial charge in [0.05, 0.1) is 24.5 Å². The highest BCUT2D eigenvalue weighted by atomic mass is 16.5. The topological polar surface area (TPSA) is 80.6 Å². The van der Waals surface area contributed by atoms with Gasteiger partial charge in [-0.1, -0.05) is 6.07 Å². The van der Waals surface area contributed by atoms with Crippen LogP contribution in [0.15, 0.2) is 30.6 Å². The summed E-state index contributed by atoms with van der Waals surface area (Å²) in [5.74, 6) is 1.03. The molecule has 7 heteroatoms. The van der Waals surface area contributed by atoms with Gasteiger partial charge < -0.3 is 14.6 Å².